The number of amides is 1. The fourth-order valence-electron chi connectivity index (χ4n) is 1.86. The van der Waals surface area contributed by atoms with E-state index in [1.54, 1.807) is 39.0 Å². The number of nitrogen functional groups attached to an aromatic ring is 1. The standard InChI is InChI=1S/C16H18F2N2O2S/c1-16(2,3)22-15(21)20-12-5-4-9(6-11(12)19)13-7-10(8-23-13)14(17)18/h4-8,14H,19H2,1-3H3,(H,20,21). The van der Waals surface area contributed by atoms with Crippen molar-refractivity contribution in [3.63, 3.8) is 0 Å². The highest BCUT2D eigenvalue weighted by Crippen LogP contribution is 2.34. The third kappa shape index (κ3) is 4.66. The maximum absolute atomic E-state index is 12.6. The summed E-state index contributed by atoms with van der Waals surface area (Å²) >= 11 is 1.22. The number of carbonyl (C=O) groups is 1. The number of halogens is 2. The molecule has 2 aromatic rings. The Morgan fingerprint density at radius 3 is 2.52 bits per heavy atom. The molecule has 0 unspecified atom stereocenters. The number of thiophene rings is 1. The molecule has 0 aliphatic rings. The molecule has 0 aliphatic heterocycles. The Balaban J connectivity index is 2.15. The Morgan fingerprint density at radius 2 is 2.00 bits per heavy atom. The van der Waals surface area contributed by atoms with Gasteiger partial charge >= 0.3 is 6.09 Å². The van der Waals surface area contributed by atoms with E-state index in [2.05, 4.69) is 5.32 Å². The van der Waals surface area contributed by atoms with Gasteiger partial charge in [0, 0.05) is 15.8 Å². The number of ether oxygens (including phenoxy) is 1. The lowest BCUT2D eigenvalue weighted by molar-refractivity contribution is 0.0636. The van der Waals surface area contributed by atoms with Crippen LogP contribution in [-0.4, -0.2) is 11.7 Å². The summed E-state index contributed by atoms with van der Waals surface area (Å²) in [6.45, 7) is 5.28. The van der Waals surface area contributed by atoms with E-state index in [4.69, 9.17) is 10.5 Å². The number of nitrogens with two attached hydrogens (primary N) is 1. The summed E-state index contributed by atoms with van der Waals surface area (Å²) in [5, 5.41) is 3.99. The molecule has 0 aliphatic carbocycles. The molecule has 2 rings (SSSR count). The van der Waals surface area contributed by atoms with E-state index in [1.165, 1.54) is 22.8 Å². The lowest BCUT2D eigenvalue weighted by Crippen LogP contribution is -2.27. The Bertz CT molecular complexity index is 708. The van der Waals surface area contributed by atoms with Crippen LogP contribution in [0, 0.1) is 0 Å². The van der Waals surface area contributed by atoms with Crippen LogP contribution >= 0.6 is 11.3 Å². The van der Waals surface area contributed by atoms with Crippen molar-refractivity contribution in [3.05, 3.63) is 35.2 Å². The van der Waals surface area contributed by atoms with E-state index in [9.17, 15) is 13.6 Å². The second kappa shape index (κ2) is 6.54. The molecular formula is C16H18F2N2O2S. The van der Waals surface area contributed by atoms with E-state index in [0.29, 0.717) is 21.8 Å². The van der Waals surface area contributed by atoms with E-state index < -0.39 is 18.1 Å². The van der Waals surface area contributed by atoms with Gasteiger partial charge in [0.15, 0.2) is 0 Å². The summed E-state index contributed by atoms with van der Waals surface area (Å²) < 4.78 is 30.4. The van der Waals surface area contributed by atoms with E-state index in [-0.39, 0.29) is 5.56 Å². The molecule has 1 heterocycles. The quantitative estimate of drug-likeness (QED) is 0.747. The van der Waals surface area contributed by atoms with Crippen LogP contribution in [0.15, 0.2) is 29.6 Å². The SMILES string of the molecule is CC(C)(C)OC(=O)Nc1ccc(-c2cc(C(F)F)cs2)cc1N. The van der Waals surface area contributed by atoms with Gasteiger partial charge in [-0.25, -0.2) is 13.6 Å². The summed E-state index contributed by atoms with van der Waals surface area (Å²) in [5.74, 6) is 0. The van der Waals surface area contributed by atoms with Crippen LogP contribution in [0.5, 0.6) is 0 Å². The first-order valence-electron chi connectivity index (χ1n) is 6.92. The molecule has 0 spiro atoms. The zero-order valence-electron chi connectivity index (χ0n) is 13.0. The minimum atomic E-state index is -2.49. The van der Waals surface area contributed by atoms with Gasteiger partial charge in [0.1, 0.15) is 5.60 Å². The van der Waals surface area contributed by atoms with Gasteiger partial charge < -0.3 is 10.5 Å². The highest BCUT2D eigenvalue weighted by atomic mass is 32.1. The van der Waals surface area contributed by atoms with E-state index in [0.717, 1.165) is 0 Å². The van der Waals surface area contributed by atoms with Crippen LogP contribution in [0.4, 0.5) is 25.0 Å². The summed E-state index contributed by atoms with van der Waals surface area (Å²) in [7, 11) is 0. The smallest absolute Gasteiger partial charge is 0.412 e. The van der Waals surface area contributed by atoms with Gasteiger partial charge in [-0.05, 0) is 44.5 Å². The van der Waals surface area contributed by atoms with Gasteiger partial charge in [0.2, 0.25) is 0 Å². The number of hydrogen-bond donors (Lipinski definition) is 2. The predicted molar refractivity (Wildman–Crippen MR) is 89.0 cm³/mol. The first-order chi connectivity index (χ1) is 10.7. The van der Waals surface area contributed by atoms with Crippen molar-refractivity contribution >= 4 is 28.8 Å². The van der Waals surface area contributed by atoms with Gasteiger partial charge in [-0.1, -0.05) is 6.07 Å². The Hall–Kier alpha value is -2.15. The van der Waals surface area contributed by atoms with Crippen LogP contribution in [0.3, 0.4) is 0 Å². The van der Waals surface area contributed by atoms with Crippen LogP contribution < -0.4 is 11.1 Å². The third-order valence-electron chi connectivity index (χ3n) is 2.84. The van der Waals surface area contributed by atoms with Crippen molar-refractivity contribution in [1.82, 2.24) is 0 Å². The highest BCUT2D eigenvalue weighted by molar-refractivity contribution is 7.13. The van der Waals surface area contributed by atoms with Crippen molar-refractivity contribution in [3.8, 4) is 10.4 Å². The fraction of sp³-hybridized carbons (Fsp3) is 0.312. The number of anilines is 2. The lowest BCUT2D eigenvalue weighted by atomic mass is 10.1. The first kappa shape index (κ1) is 17.2. The summed E-state index contributed by atoms with van der Waals surface area (Å²) in [4.78, 5) is 12.4. The number of hydrogen-bond acceptors (Lipinski definition) is 4. The maximum atomic E-state index is 12.6. The first-order valence-corrected chi connectivity index (χ1v) is 7.80. The molecule has 124 valence electrons. The summed E-state index contributed by atoms with van der Waals surface area (Å²) in [5.41, 5.74) is 6.76. The van der Waals surface area contributed by atoms with Gasteiger partial charge in [0.05, 0.1) is 11.4 Å². The van der Waals surface area contributed by atoms with Crippen LogP contribution in [-0.2, 0) is 4.74 Å². The molecule has 0 atom stereocenters. The van der Waals surface area contributed by atoms with Gasteiger partial charge in [-0.3, -0.25) is 5.32 Å². The molecule has 0 saturated heterocycles. The van der Waals surface area contributed by atoms with E-state index >= 15 is 0 Å². The van der Waals surface area contributed by atoms with Gasteiger partial charge in [-0.2, -0.15) is 0 Å². The number of carbonyl (C=O) groups excluding carboxylic acids is 1. The minimum absolute atomic E-state index is 0.0143. The van der Waals surface area contributed by atoms with Crippen molar-refractivity contribution in [2.45, 2.75) is 32.8 Å². The number of rotatable bonds is 3. The lowest BCUT2D eigenvalue weighted by Gasteiger charge is -2.20. The Kier molecular flexibility index (Phi) is 4.89. The largest absolute Gasteiger partial charge is 0.444 e. The fourth-order valence-corrected chi connectivity index (χ4v) is 2.76. The Labute approximate surface area is 137 Å². The van der Waals surface area contributed by atoms with Crippen LogP contribution in [0.1, 0.15) is 32.8 Å². The van der Waals surface area contributed by atoms with Crippen molar-refractivity contribution in [1.29, 1.82) is 0 Å². The van der Waals surface area contributed by atoms with Crippen molar-refractivity contribution in [2.75, 3.05) is 11.1 Å². The minimum Gasteiger partial charge on any atom is -0.444 e. The average molecular weight is 340 g/mol. The molecule has 1 aromatic heterocycles. The van der Waals surface area contributed by atoms with Gasteiger partial charge in [0.25, 0.3) is 6.43 Å². The zero-order chi connectivity index (χ0) is 17.2. The maximum Gasteiger partial charge on any atom is 0.412 e. The highest BCUT2D eigenvalue weighted by Gasteiger charge is 2.17. The van der Waals surface area contributed by atoms with Crippen LogP contribution in [0.2, 0.25) is 0 Å². The van der Waals surface area contributed by atoms with Gasteiger partial charge in [-0.15, -0.1) is 11.3 Å². The zero-order valence-corrected chi connectivity index (χ0v) is 13.8. The molecular weight excluding hydrogens is 322 g/mol. The number of nitrogens with one attached hydrogen (secondary N) is 1. The molecule has 1 amide bonds. The summed E-state index contributed by atoms with van der Waals surface area (Å²) in [6.07, 6.45) is -3.10. The number of benzene rings is 1. The third-order valence-corrected chi connectivity index (χ3v) is 3.84. The molecule has 3 N–H and O–H groups in total. The van der Waals surface area contributed by atoms with Crippen molar-refractivity contribution in [2.24, 2.45) is 0 Å². The molecule has 4 nitrogen and oxygen atoms in total. The molecule has 23 heavy (non-hydrogen) atoms. The number of alkyl halides is 2. The Morgan fingerprint density at radius 1 is 1.30 bits per heavy atom. The molecule has 0 fully saturated rings. The van der Waals surface area contributed by atoms with Crippen molar-refractivity contribution < 1.29 is 18.3 Å². The monoisotopic (exact) mass is 340 g/mol. The molecule has 0 saturated carbocycles. The second-order valence-corrected chi connectivity index (χ2v) is 6.89. The van der Waals surface area contributed by atoms with Crippen LogP contribution in [0.25, 0.3) is 10.4 Å². The predicted octanol–water partition coefficient (Wildman–Crippen LogP) is 5.28. The topological polar surface area (TPSA) is 64.3 Å². The molecule has 7 heteroatoms. The average Bonchev–Trinajstić information content (AvgIpc) is 2.88. The normalized spacial score (nSPS) is 11.6. The molecule has 0 radical (unpaired) electrons. The summed E-state index contributed by atoms with van der Waals surface area (Å²) in [6, 6.07) is 6.40. The molecule has 1 aromatic carbocycles. The second-order valence-electron chi connectivity index (χ2n) is 5.97. The molecule has 0 bridgehead atoms. The van der Waals surface area contributed by atoms with E-state index in [1.807, 2.05) is 0 Å².